The number of nitrogens with two attached hydrogens (primary N) is 5. The first-order chi connectivity index (χ1) is 49.3. The Hall–Kier alpha value is -10.2. The number of carboxylic acid groups (broad SMARTS) is 4. The van der Waals surface area contributed by atoms with Crippen LogP contribution in [-0.4, -0.2) is 278 Å². The molecule has 0 aromatic rings. The summed E-state index contributed by atoms with van der Waals surface area (Å²) in [6.07, 6.45) is -6.93. The average Bonchev–Trinajstić information content (AvgIpc) is 1.74. The van der Waals surface area contributed by atoms with Gasteiger partial charge in [-0.25, -0.2) is 4.79 Å². The van der Waals surface area contributed by atoms with Crippen molar-refractivity contribution in [1.82, 2.24) is 74.0 Å². The van der Waals surface area contributed by atoms with Crippen LogP contribution in [0.3, 0.4) is 0 Å². The van der Waals surface area contributed by atoms with E-state index < -0.39 is 262 Å². The van der Waals surface area contributed by atoms with E-state index in [9.17, 15) is 117 Å². The van der Waals surface area contributed by atoms with Gasteiger partial charge in [0.15, 0.2) is 5.96 Å². The van der Waals surface area contributed by atoms with E-state index in [0.29, 0.717) is 6.42 Å². The zero-order valence-electron chi connectivity index (χ0n) is 57.9. The highest BCUT2D eigenvalue weighted by atomic mass is 33.1. The number of aliphatic carboxylic acids is 4. The number of rotatable bonds is 22. The molecular weight excluding hydrogens is 1440 g/mol. The quantitative estimate of drug-likeness (QED) is 0.0207. The van der Waals surface area contributed by atoms with Gasteiger partial charge in [-0.1, -0.05) is 21.6 Å². The van der Waals surface area contributed by atoms with Crippen LogP contribution in [-0.2, 0) is 91.1 Å². The second kappa shape index (κ2) is 47.2. The number of carbonyl (C=O) groups excluding carboxylic acids is 15. The van der Waals surface area contributed by atoms with Crippen LogP contribution in [0.15, 0.2) is 4.99 Å². The van der Waals surface area contributed by atoms with E-state index in [1.807, 2.05) is 0 Å². The molecule has 44 nitrogen and oxygen atoms in total. The maximum Gasteiger partial charge on any atom is 0.327 e. The molecule has 13 atom stereocenters. The van der Waals surface area contributed by atoms with Crippen molar-refractivity contribution >= 4 is 140 Å². The molecule has 588 valence electrons. The van der Waals surface area contributed by atoms with E-state index in [4.69, 9.17) is 28.7 Å². The van der Waals surface area contributed by atoms with E-state index in [2.05, 4.69) is 74.1 Å². The number of carbonyl (C=O) groups is 19. The maximum absolute atomic E-state index is 14.4. The normalized spacial score (nSPS) is 25.8. The van der Waals surface area contributed by atoms with Crippen LogP contribution in [0.1, 0.15) is 117 Å². The molecule has 2 rings (SSSR count). The van der Waals surface area contributed by atoms with Crippen LogP contribution in [0.5, 0.6) is 0 Å². The molecule has 2 heterocycles. The Bertz CT molecular complexity index is 3170. The number of unbranched alkanes of at least 4 members (excludes halogenated alkanes) is 1. The van der Waals surface area contributed by atoms with Gasteiger partial charge in [0, 0.05) is 50.3 Å². The molecule has 46 heteroatoms. The molecule has 0 aromatic heterocycles. The second-order valence-corrected chi connectivity index (χ2v) is 26.7. The molecule has 0 aromatic carbocycles. The van der Waals surface area contributed by atoms with Crippen molar-refractivity contribution < 1.29 is 117 Å². The summed E-state index contributed by atoms with van der Waals surface area (Å²) in [4.78, 5) is 255. The molecule has 0 spiro atoms. The summed E-state index contributed by atoms with van der Waals surface area (Å²) in [6.45, 7) is 0.589. The zero-order chi connectivity index (χ0) is 79.2. The highest BCUT2D eigenvalue weighted by molar-refractivity contribution is 8.76. The van der Waals surface area contributed by atoms with Crippen LogP contribution >= 0.6 is 21.6 Å². The molecule has 105 heavy (non-hydrogen) atoms. The lowest BCUT2D eigenvalue weighted by Gasteiger charge is -2.32. The fourth-order valence-corrected chi connectivity index (χ4v) is 12.1. The number of hydrogen-bond acceptors (Lipinski definition) is 25. The first-order valence-corrected chi connectivity index (χ1v) is 35.6. The number of fused-ring (bicyclic) bond motifs is 1. The number of carboxylic acids is 4. The molecule has 0 bridgehead atoms. The summed E-state index contributed by atoms with van der Waals surface area (Å²) < 4.78 is 0. The maximum atomic E-state index is 14.4. The Morgan fingerprint density at radius 3 is 1.42 bits per heavy atom. The number of aliphatic hydroxyl groups is 1. The molecular formula is C59H96N20O24S2. The van der Waals surface area contributed by atoms with Crippen LogP contribution in [0, 0.1) is 0 Å². The molecule has 2 saturated heterocycles. The Morgan fingerprint density at radius 2 is 0.914 bits per heavy atom. The van der Waals surface area contributed by atoms with Gasteiger partial charge in [0.1, 0.15) is 66.5 Å². The Balaban J connectivity index is 2.66. The third-order valence-electron chi connectivity index (χ3n) is 15.5. The Kier molecular flexibility index (Phi) is 40.8. The Morgan fingerprint density at radius 1 is 0.495 bits per heavy atom. The van der Waals surface area contributed by atoms with Crippen LogP contribution in [0.25, 0.3) is 0 Å². The number of hydrogen-bond donors (Lipinski definition) is 23. The molecule has 28 N–H and O–H groups in total. The molecule has 0 saturated carbocycles. The van der Waals surface area contributed by atoms with Crippen LogP contribution in [0.2, 0.25) is 0 Å². The van der Waals surface area contributed by atoms with Gasteiger partial charge in [0.2, 0.25) is 88.6 Å². The minimum atomic E-state index is -1.96. The third kappa shape index (κ3) is 35.2. The summed E-state index contributed by atoms with van der Waals surface area (Å²) in [7, 11) is 1.65. The lowest BCUT2D eigenvalue weighted by molar-refractivity contribution is -0.145. The van der Waals surface area contributed by atoms with Gasteiger partial charge in [0.05, 0.1) is 31.8 Å². The van der Waals surface area contributed by atoms with Gasteiger partial charge in [-0.2, -0.15) is 0 Å². The molecule has 2 fully saturated rings. The standard InChI is InChI=1S/C59H96N20O24S2/c1-27-47(91)73-35(13-17-44(87)88)52(96)70-28(2)48(92)72-31(8-4-5-19-60)50(94)67-22-40(82)66-23-42(84)71-37(58(102)103)26-105-104-25-30(61)49(93)74-34(11-15-39(62)81)54(98)75-32(9-6-20-65-59(63)64)53(97)76-36(14-18-45(89)90)55(99)78-46(29(3)80)57(101)79-21-7-10-38(79)56(100)77-33(12-16-43(85)86)51(95)68-24-41(83)69-27/h27-38,46,80H,4-26,60-61H2,1-3H3,(H2,62,81)(H,66,82)(H,67,94)(H,68,95)(H,69,83)(H,70,96)(H,71,84)(H,72,92)(H,73,91)(H,74,93)(H,75,98)(H,76,97)(H,77,100)(H,78,99)(H,85,86)(H,87,88)(H,89,90)(H,102,103)(H4,63,64,65)/t27-,28-,29-,30-,31-,32-,33-,34-,35-,36-,37-,38-,46-/m0/s1. The van der Waals surface area contributed by atoms with Crippen molar-refractivity contribution in [3.05, 3.63) is 0 Å². The second-order valence-electron chi connectivity index (χ2n) is 24.2. The van der Waals surface area contributed by atoms with E-state index in [-0.39, 0.29) is 75.6 Å². The van der Waals surface area contributed by atoms with Crippen LogP contribution < -0.4 is 97.8 Å². The molecule has 2 aliphatic rings. The lowest BCUT2D eigenvalue weighted by Crippen LogP contribution is -2.61. The SMILES string of the molecule is C[C@@H]1NC(=O)CNC(=O)[C@H](CCC(=O)O)NC(=O)[C@@H]2CCCN2C(=O)[C@H]([C@H](C)O)NC(=O)[C@H](CCC(=O)O)NC(=O)[C@H](CCCN=C(N)N)NC(=O)[C@H](CCC(N)=O)NC(=O)[C@@H](N)CSSC[C@@H](C(=O)O)NC(=O)CNC(=O)CNC(=O)[C@H](CCCCN)NC(=O)[C@H](C)NC(=O)[C@H](CCC(=O)O)NC1=O. The van der Waals surface area contributed by atoms with Crippen LogP contribution in [0.4, 0.5) is 0 Å². The van der Waals surface area contributed by atoms with Crippen molar-refractivity contribution in [3.8, 4) is 0 Å². The predicted molar refractivity (Wildman–Crippen MR) is 368 cm³/mol. The topological polar surface area (TPSA) is 728 Å². The number of guanidine groups is 1. The summed E-state index contributed by atoms with van der Waals surface area (Å²) in [5.41, 5.74) is 28.1. The molecule has 2 aliphatic heterocycles. The van der Waals surface area contributed by atoms with E-state index in [0.717, 1.165) is 40.3 Å². The van der Waals surface area contributed by atoms with E-state index in [1.165, 1.54) is 6.92 Å². The summed E-state index contributed by atoms with van der Waals surface area (Å²) >= 11 is 0. The minimum Gasteiger partial charge on any atom is -0.481 e. The summed E-state index contributed by atoms with van der Waals surface area (Å²) in [5, 5.41) is 79.3. The van der Waals surface area contributed by atoms with Crippen molar-refractivity contribution in [3.63, 3.8) is 0 Å². The van der Waals surface area contributed by atoms with Gasteiger partial charge in [0.25, 0.3) is 0 Å². The number of aliphatic hydroxyl groups excluding tert-OH is 1. The van der Waals surface area contributed by atoms with Gasteiger partial charge >= 0.3 is 23.9 Å². The number of amides is 15. The third-order valence-corrected chi connectivity index (χ3v) is 18.0. The van der Waals surface area contributed by atoms with E-state index in [1.54, 1.807) is 0 Å². The fraction of sp³-hybridized carbons (Fsp3) is 0.661. The monoisotopic (exact) mass is 1530 g/mol. The summed E-state index contributed by atoms with van der Waals surface area (Å²) in [6, 6.07) is -19.7. The predicted octanol–water partition coefficient (Wildman–Crippen LogP) is -10.6. The number of primary amides is 1. The number of aliphatic imine (C=N–C) groups is 1. The first kappa shape index (κ1) is 90.9. The Labute approximate surface area is 608 Å². The van der Waals surface area contributed by atoms with Crippen molar-refractivity contribution in [2.24, 2.45) is 33.7 Å². The number of nitrogens with one attached hydrogen (secondary N) is 13. The number of nitrogens with zero attached hydrogens (tertiary/aromatic N) is 2. The van der Waals surface area contributed by atoms with Gasteiger partial charge < -0.3 is 128 Å². The first-order valence-electron chi connectivity index (χ1n) is 33.1. The van der Waals surface area contributed by atoms with Gasteiger partial charge in [-0.05, 0) is 97.9 Å². The molecule has 0 radical (unpaired) electrons. The molecule has 0 unspecified atom stereocenters. The zero-order valence-corrected chi connectivity index (χ0v) is 59.5. The van der Waals surface area contributed by atoms with Crippen molar-refractivity contribution in [2.45, 2.75) is 196 Å². The lowest BCUT2D eigenvalue weighted by atomic mass is 10.0. The fourth-order valence-electron chi connectivity index (χ4n) is 9.80. The summed E-state index contributed by atoms with van der Waals surface area (Å²) in [5.74, 6) is -23.0. The van der Waals surface area contributed by atoms with Crippen molar-refractivity contribution in [2.75, 3.05) is 50.8 Å². The minimum absolute atomic E-state index is 0.0654. The highest BCUT2D eigenvalue weighted by Crippen LogP contribution is 2.24. The van der Waals surface area contributed by atoms with Gasteiger partial charge in [-0.15, -0.1) is 0 Å². The molecule has 0 aliphatic carbocycles. The largest absolute Gasteiger partial charge is 0.481 e. The average molecular weight is 1530 g/mol. The van der Waals surface area contributed by atoms with E-state index >= 15 is 0 Å². The smallest absolute Gasteiger partial charge is 0.327 e. The van der Waals surface area contributed by atoms with Crippen molar-refractivity contribution in [1.29, 1.82) is 0 Å². The van der Waals surface area contributed by atoms with Gasteiger partial charge in [-0.3, -0.25) is 91.3 Å². The molecule has 15 amide bonds. The highest BCUT2D eigenvalue weighted by Gasteiger charge is 2.42.